The zero-order valence-electron chi connectivity index (χ0n) is 10.9. The topological polar surface area (TPSA) is 45.2 Å². The van der Waals surface area contributed by atoms with Gasteiger partial charge in [-0.05, 0) is 25.0 Å². The fraction of sp³-hybridized carbons (Fsp3) is 0.429. The van der Waals surface area contributed by atoms with Gasteiger partial charge in [0.05, 0.1) is 10.2 Å². The third kappa shape index (κ3) is 2.71. The Balaban J connectivity index is 1.69. The number of nitrogens with zero attached hydrogens (tertiary/aromatic N) is 2. The van der Waals surface area contributed by atoms with Crippen molar-refractivity contribution in [3.8, 4) is 0 Å². The normalized spacial score (nSPS) is 16.8. The molecule has 0 radical (unpaired) electrons. The van der Waals surface area contributed by atoms with Crippen LogP contribution in [0.2, 0.25) is 0 Å². The van der Waals surface area contributed by atoms with Gasteiger partial charge in [-0.2, -0.15) is 0 Å². The van der Waals surface area contributed by atoms with E-state index >= 15 is 0 Å². The van der Waals surface area contributed by atoms with E-state index in [1.54, 1.807) is 18.3 Å². The van der Waals surface area contributed by atoms with Gasteiger partial charge in [0.2, 0.25) is 5.91 Å². The molecular formula is C14H17N3OS. The minimum Gasteiger partial charge on any atom is -0.353 e. The fourth-order valence-corrected chi connectivity index (χ4v) is 3.52. The number of rotatable bonds is 2. The van der Waals surface area contributed by atoms with E-state index in [0.29, 0.717) is 6.04 Å². The lowest BCUT2D eigenvalue weighted by Gasteiger charge is -2.31. The molecule has 0 saturated carbocycles. The van der Waals surface area contributed by atoms with Gasteiger partial charge in [-0.15, -0.1) is 0 Å². The van der Waals surface area contributed by atoms with Crippen LogP contribution in [0, 0.1) is 0 Å². The molecular weight excluding hydrogens is 258 g/mol. The van der Waals surface area contributed by atoms with Crippen LogP contribution in [0.4, 0.5) is 5.13 Å². The van der Waals surface area contributed by atoms with Crippen molar-refractivity contribution in [2.45, 2.75) is 25.8 Å². The Morgan fingerprint density at radius 3 is 2.79 bits per heavy atom. The molecule has 4 nitrogen and oxygen atoms in total. The number of fused-ring (bicyclic) bond motifs is 1. The molecule has 1 saturated heterocycles. The summed E-state index contributed by atoms with van der Waals surface area (Å²) in [5.41, 5.74) is 1.08. The van der Waals surface area contributed by atoms with E-state index in [2.05, 4.69) is 27.3 Å². The molecule has 1 fully saturated rings. The number of aromatic nitrogens is 1. The van der Waals surface area contributed by atoms with Crippen LogP contribution < -0.4 is 10.2 Å². The van der Waals surface area contributed by atoms with Crippen LogP contribution in [0.5, 0.6) is 0 Å². The Labute approximate surface area is 116 Å². The number of carbonyl (C=O) groups excluding carboxylic acids is 1. The van der Waals surface area contributed by atoms with E-state index < -0.39 is 0 Å². The first-order chi connectivity index (χ1) is 9.22. The van der Waals surface area contributed by atoms with Crippen molar-refractivity contribution in [2.24, 2.45) is 0 Å². The van der Waals surface area contributed by atoms with Gasteiger partial charge in [-0.25, -0.2) is 4.98 Å². The first kappa shape index (κ1) is 12.4. The minimum absolute atomic E-state index is 0.0680. The summed E-state index contributed by atoms with van der Waals surface area (Å²) in [7, 11) is 0. The van der Waals surface area contributed by atoms with Crippen LogP contribution in [0.15, 0.2) is 24.3 Å². The highest BCUT2D eigenvalue weighted by Gasteiger charge is 2.21. The number of anilines is 1. The van der Waals surface area contributed by atoms with Crippen LogP contribution >= 0.6 is 11.3 Å². The zero-order valence-corrected chi connectivity index (χ0v) is 11.7. The van der Waals surface area contributed by atoms with Gasteiger partial charge in [0.1, 0.15) is 0 Å². The summed E-state index contributed by atoms with van der Waals surface area (Å²) in [5, 5.41) is 4.10. The van der Waals surface area contributed by atoms with Crippen LogP contribution in [0.3, 0.4) is 0 Å². The standard InChI is InChI=1S/C14H17N3OS/c1-10(18)15-11-6-8-17(9-7-11)14-16-12-4-2-3-5-13(12)19-14/h2-5,11H,6-9H2,1H3,(H,15,18). The highest BCUT2D eigenvalue weighted by atomic mass is 32.1. The SMILES string of the molecule is CC(=O)NC1CCN(c2nc3ccccc3s2)CC1. The van der Waals surface area contributed by atoms with Crippen molar-refractivity contribution in [3.05, 3.63) is 24.3 Å². The molecule has 1 N–H and O–H groups in total. The molecule has 0 bridgehead atoms. The highest BCUT2D eigenvalue weighted by Crippen LogP contribution is 2.30. The molecule has 1 aliphatic heterocycles. The third-order valence-corrected chi connectivity index (χ3v) is 4.55. The number of para-hydroxylation sites is 1. The number of hydrogen-bond acceptors (Lipinski definition) is 4. The second-order valence-corrected chi connectivity index (χ2v) is 5.94. The predicted molar refractivity (Wildman–Crippen MR) is 78.7 cm³/mol. The van der Waals surface area contributed by atoms with E-state index in [1.165, 1.54) is 4.70 Å². The Bertz CT molecular complexity index is 554. The Morgan fingerprint density at radius 2 is 2.11 bits per heavy atom. The van der Waals surface area contributed by atoms with Crippen LogP contribution in [0.1, 0.15) is 19.8 Å². The lowest BCUT2D eigenvalue weighted by Crippen LogP contribution is -2.44. The van der Waals surface area contributed by atoms with Gasteiger partial charge in [0, 0.05) is 26.1 Å². The maximum absolute atomic E-state index is 11.0. The first-order valence-corrected chi connectivity index (χ1v) is 7.41. The number of amides is 1. The Hall–Kier alpha value is -1.62. The molecule has 2 heterocycles. The van der Waals surface area contributed by atoms with E-state index in [9.17, 15) is 4.79 Å². The quantitative estimate of drug-likeness (QED) is 0.915. The van der Waals surface area contributed by atoms with Gasteiger partial charge in [-0.3, -0.25) is 4.79 Å². The molecule has 0 unspecified atom stereocenters. The average Bonchev–Trinajstić information content (AvgIpc) is 2.82. The van der Waals surface area contributed by atoms with E-state index in [0.717, 1.165) is 36.6 Å². The number of hydrogen-bond donors (Lipinski definition) is 1. The number of nitrogens with one attached hydrogen (secondary N) is 1. The molecule has 1 aromatic heterocycles. The largest absolute Gasteiger partial charge is 0.353 e. The smallest absolute Gasteiger partial charge is 0.217 e. The van der Waals surface area contributed by atoms with Crippen molar-refractivity contribution in [1.82, 2.24) is 10.3 Å². The lowest BCUT2D eigenvalue weighted by atomic mass is 10.1. The summed E-state index contributed by atoms with van der Waals surface area (Å²) in [6, 6.07) is 8.56. The van der Waals surface area contributed by atoms with Gasteiger partial charge in [0.25, 0.3) is 0 Å². The summed E-state index contributed by atoms with van der Waals surface area (Å²) >= 11 is 1.75. The molecule has 0 atom stereocenters. The second-order valence-electron chi connectivity index (χ2n) is 4.93. The maximum Gasteiger partial charge on any atom is 0.217 e. The third-order valence-electron chi connectivity index (χ3n) is 3.46. The summed E-state index contributed by atoms with van der Waals surface area (Å²) in [4.78, 5) is 18.0. The Morgan fingerprint density at radius 1 is 1.37 bits per heavy atom. The number of piperidine rings is 1. The van der Waals surface area contributed by atoms with Crippen molar-refractivity contribution < 1.29 is 4.79 Å². The van der Waals surface area contributed by atoms with Crippen molar-refractivity contribution in [1.29, 1.82) is 0 Å². The Kier molecular flexibility index (Phi) is 3.38. The first-order valence-electron chi connectivity index (χ1n) is 6.60. The summed E-state index contributed by atoms with van der Waals surface area (Å²) in [6.07, 6.45) is 1.99. The molecule has 1 aromatic carbocycles. The number of carbonyl (C=O) groups is 1. The van der Waals surface area contributed by atoms with E-state index in [4.69, 9.17) is 0 Å². The van der Waals surface area contributed by atoms with Gasteiger partial charge >= 0.3 is 0 Å². The van der Waals surface area contributed by atoms with E-state index in [1.807, 2.05) is 12.1 Å². The molecule has 1 amide bonds. The minimum atomic E-state index is 0.0680. The lowest BCUT2D eigenvalue weighted by molar-refractivity contribution is -0.119. The van der Waals surface area contributed by atoms with Crippen LogP contribution in [-0.4, -0.2) is 30.0 Å². The van der Waals surface area contributed by atoms with Gasteiger partial charge in [0.15, 0.2) is 5.13 Å². The van der Waals surface area contributed by atoms with Crippen molar-refractivity contribution in [2.75, 3.05) is 18.0 Å². The molecule has 0 spiro atoms. The molecule has 2 aromatic rings. The summed E-state index contributed by atoms with van der Waals surface area (Å²) in [6.45, 7) is 3.51. The maximum atomic E-state index is 11.0. The second kappa shape index (κ2) is 5.17. The molecule has 19 heavy (non-hydrogen) atoms. The molecule has 100 valence electrons. The van der Waals surface area contributed by atoms with Crippen LogP contribution in [-0.2, 0) is 4.79 Å². The van der Waals surface area contributed by atoms with Crippen molar-refractivity contribution in [3.63, 3.8) is 0 Å². The summed E-state index contributed by atoms with van der Waals surface area (Å²) in [5.74, 6) is 0.0680. The molecule has 5 heteroatoms. The van der Waals surface area contributed by atoms with Crippen molar-refractivity contribution >= 4 is 32.6 Å². The zero-order chi connectivity index (χ0) is 13.2. The molecule has 0 aliphatic carbocycles. The van der Waals surface area contributed by atoms with Gasteiger partial charge < -0.3 is 10.2 Å². The average molecular weight is 275 g/mol. The fourth-order valence-electron chi connectivity index (χ4n) is 2.50. The number of thiazole rings is 1. The van der Waals surface area contributed by atoms with Gasteiger partial charge in [-0.1, -0.05) is 23.5 Å². The monoisotopic (exact) mass is 275 g/mol. The summed E-state index contributed by atoms with van der Waals surface area (Å²) < 4.78 is 1.24. The number of benzene rings is 1. The van der Waals surface area contributed by atoms with Crippen LogP contribution in [0.25, 0.3) is 10.2 Å². The molecule has 3 rings (SSSR count). The molecule has 1 aliphatic rings. The van der Waals surface area contributed by atoms with E-state index in [-0.39, 0.29) is 5.91 Å². The predicted octanol–water partition coefficient (Wildman–Crippen LogP) is 2.40. The highest BCUT2D eigenvalue weighted by molar-refractivity contribution is 7.22.